The molecule has 2 rings (SSSR count). The molecule has 1 saturated carbocycles. The van der Waals surface area contributed by atoms with Crippen LogP contribution in [0.4, 0.5) is 0 Å². The van der Waals surface area contributed by atoms with Gasteiger partial charge in [-0.25, -0.2) is 0 Å². The highest BCUT2D eigenvalue weighted by molar-refractivity contribution is 4.97. The minimum Gasteiger partial charge on any atom is -0.302 e. The Balaban J connectivity index is 1.83. The van der Waals surface area contributed by atoms with Crippen LogP contribution in [0.25, 0.3) is 0 Å². The Labute approximate surface area is 118 Å². The average Bonchev–Trinajstić information content (AvgIpc) is 2.97. The third-order valence-electron chi connectivity index (χ3n) is 5.20. The molecular formula is C16H29N3. The van der Waals surface area contributed by atoms with Crippen LogP contribution < -0.4 is 0 Å². The zero-order valence-corrected chi connectivity index (χ0v) is 12.6. The van der Waals surface area contributed by atoms with Crippen LogP contribution in [0.3, 0.4) is 0 Å². The van der Waals surface area contributed by atoms with Gasteiger partial charge in [0.05, 0.1) is 12.0 Å². The van der Waals surface area contributed by atoms with Gasteiger partial charge in [-0.05, 0) is 58.2 Å². The highest BCUT2D eigenvalue weighted by Gasteiger charge is 2.32. The minimum absolute atomic E-state index is 0.256. The van der Waals surface area contributed by atoms with Gasteiger partial charge < -0.3 is 9.80 Å². The van der Waals surface area contributed by atoms with Crippen LogP contribution in [-0.2, 0) is 0 Å². The van der Waals surface area contributed by atoms with Crippen LogP contribution in [0, 0.1) is 23.2 Å². The van der Waals surface area contributed by atoms with Crippen LogP contribution in [-0.4, -0.2) is 49.1 Å². The summed E-state index contributed by atoms with van der Waals surface area (Å²) in [6, 6.07) is 3.04. The third kappa shape index (κ3) is 3.94. The molecule has 0 bridgehead atoms. The Morgan fingerprint density at radius 1 is 1.26 bits per heavy atom. The van der Waals surface area contributed by atoms with Crippen molar-refractivity contribution in [1.82, 2.24) is 9.80 Å². The highest BCUT2D eigenvalue weighted by atomic mass is 15.2. The van der Waals surface area contributed by atoms with E-state index in [1.807, 2.05) is 0 Å². The molecule has 2 fully saturated rings. The molecule has 1 aliphatic heterocycles. The van der Waals surface area contributed by atoms with Gasteiger partial charge in [0.25, 0.3) is 0 Å². The van der Waals surface area contributed by atoms with Crippen molar-refractivity contribution in [3.63, 3.8) is 0 Å². The van der Waals surface area contributed by atoms with Gasteiger partial charge in [-0.2, -0.15) is 5.26 Å². The maximum absolute atomic E-state index is 9.36. The van der Waals surface area contributed by atoms with Gasteiger partial charge in [0, 0.05) is 19.1 Å². The van der Waals surface area contributed by atoms with Gasteiger partial charge in [-0.1, -0.05) is 13.3 Å². The van der Waals surface area contributed by atoms with E-state index >= 15 is 0 Å². The maximum Gasteiger partial charge on any atom is 0.0672 e. The Bertz CT molecular complexity index is 304. The molecule has 0 radical (unpaired) electrons. The van der Waals surface area contributed by atoms with Gasteiger partial charge in [0.2, 0.25) is 0 Å². The van der Waals surface area contributed by atoms with E-state index in [0.29, 0.717) is 6.04 Å². The average molecular weight is 263 g/mol. The minimum atomic E-state index is 0.256. The second-order valence-corrected chi connectivity index (χ2v) is 6.42. The normalized spacial score (nSPS) is 32.6. The molecule has 0 amide bonds. The van der Waals surface area contributed by atoms with Crippen molar-refractivity contribution < 1.29 is 0 Å². The number of hydrogen-bond donors (Lipinski definition) is 0. The Hall–Kier alpha value is -0.590. The number of hydrogen-bond acceptors (Lipinski definition) is 3. The molecule has 1 heterocycles. The summed E-state index contributed by atoms with van der Waals surface area (Å²) < 4.78 is 0. The number of nitrogens with zero attached hydrogens (tertiary/aromatic N) is 3. The van der Waals surface area contributed by atoms with Crippen LogP contribution in [0.2, 0.25) is 0 Å². The molecule has 19 heavy (non-hydrogen) atoms. The van der Waals surface area contributed by atoms with Crippen molar-refractivity contribution in [1.29, 1.82) is 5.26 Å². The highest BCUT2D eigenvalue weighted by Crippen LogP contribution is 2.33. The SMILES string of the molecule is CCC1CCC(C#N)C(N(C)CCN2CCCC2)C1. The standard InChI is InChI=1S/C16H29N3/c1-3-14-6-7-15(13-17)16(12-14)18(2)10-11-19-8-4-5-9-19/h14-16H,3-12H2,1-2H3. The molecule has 2 aliphatic rings. The zero-order valence-electron chi connectivity index (χ0n) is 12.6. The molecule has 108 valence electrons. The molecule has 1 aliphatic carbocycles. The second kappa shape index (κ2) is 7.26. The summed E-state index contributed by atoms with van der Waals surface area (Å²) in [5.41, 5.74) is 0. The smallest absolute Gasteiger partial charge is 0.0672 e. The van der Waals surface area contributed by atoms with Crippen molar-refractivity contribution in [3.05, 3.63) is 0 Å². The van der Waals surface area contributed by atoms with Crippen LogP contribution in [0.5, 0.6) is 0 Å². The number of likely N-dealkylation sites (N-methyl/N-ethyl adjacent to an activating group) is 1. The van der Waals surface area contributed by atoms with Crippen LogP contribution in [0.1, 0.15) is 45.4 Å². The van der Waals surface area contributed by atoms with Gasteiger partial charge in [0.1, 0.15) is 0 Å². The lowest BCUT2D eigenvalue weighted by molar-refractivity contribution is 0.113. The van der Waals surface area contributed by atoms with E-state index in [-0.39, 0.29) is 5.92 Å². The zero-order chi connectivity index (χ0) is 13.7. The lowest BCUT2D eigenvalue weighted by atomic mass is 9.77. The molecule has 3 nitrogen and oxygen atoms in total. The summed E-state index contributed by atoms with van der Waals surface area (Å²) in [5, 5.41) is 9.36. The van der Waals surface area contributed by atoms with Gasteiger partial charge in [0.15, 0.2) is 0 Å². The maximum atomic E-state index is 9.36. The van der Waals surface area contributed by atoms with Gasteiger partial charge in [-0.3, -0.25) is 0 Å². The summed E-state index contributed by atoms with van der Waals surface area (Å²) in [4.78, 5) is 5.03. The summed E-state index contributed by atoms with van der Waals surface area (Å²) in [7, 11) is 2.23. The molecule has 0 spiro atoms. The predicted octanol–water partition coefficient (Wildman–Crippen LogP) is 2.73. The first-order chi connectivity index (χ1) is 9.24. The van der Waals surface area contributed by atoms with E-state index in [9.17, 15) is 5.26 Å². The second-order valence-electron chi connectivity index (χ2n) is 6.42. The first-order valence-electron chi connectivity index (χ1n) is 8.06. The van der Waals surface area contributed by atoms with E-state index in [1.54, 1.807) is 0 Å². The molecular weight excluding hydrogens is 234 g/mol. The van der Waals surface area contributed by atoms with E-state index in [0.717, 1.165) is 18.9 Å². The Morgan fingerprint density at radius 2 is 2.00 bits per heavy atom. The molecule has 3 heteroatoms. The fraction of sp³-hybridized carbons (Fsp3) is 0.938. The molecule has 3 atom stereocenters. The fourth-order valence-corrected chi connectivity index (χ4v) is 3.71. The lowest BCUT2D eigenvalue weighted by Crippen LogP contribution is -2.44. The summed E-state index contributed by atoms with van der Waals surface area (Å²) in [6.45, 7) is 7.15. The predicted molar refractivity (Wildman–Crippen MR) is 78.8 cm³/mol. The summed E-state index contributed by atoms with van der Waals surface area (Å²) >= 11 is 0. The molecule has 1 saturated heterocycles. The van der Waals surface area contributed by atoms with Crippen LogP contribution >= 0.6 is 0 Å². The van der Waals surface area contributed by atoms with Crippen molar-refractivity contribution in [2.24, 2.45) is 11.8 Å². The fourth-order valence-electron chi connectivity index (χ4n) is 3.71. The molecule has 0 aromatic heterocycles. The van der Waals surface area contributed by atoms with Gasteiger partial charge in [-0.15, -0.1) is 0 Å². The third-order valence-corrected chi connectivity index (χ3v) is 5.20. The summed E-state index contributed by atoms with van der Waals surface area (Å²) in [5.74, 6) is 1.09. The molecule has 0 N–H and O–H groups in total. The van der Waals surface area contributed by atoms with E-state index < -0.39 is 0 Å². The number of nitriles is 1. The largest absolute Gasteiger partial charge is 0.302 e. The lowest BCUT2D eigenvalue weighted by Gasteiger charge is -2.38. The first-order valence-corrected chi connectivity index (χ1v) is 8.06. The number of likely N-dealkylation sites (tertiary alicyclic amines) is 1. The molecule has 0 aromatic carbocycles. The topological polar surface area (TPSA) is 30.3 Å². The molecule has 0 aromatic rings. The quantitative estimate of drug-likeness (QED) is 0.764. The summed E-state index contributed by atoms with van der Waals surface area (Å²) in [6.07, 6.45) is 7.59. The monoisotopic (exact) mass is 263 g/mol. The van der Waals surface area contributed by atoms with Crippen molar-refractivity contribution >= 4 is 0 Å². The van der Waals surface area contributed by atoms with E-state index in [4.69, 9.17) is 0 Å². The van der Waals surface area contributed by atoms with E-state index in [1.165, 1.54) is 51.7 Å². The van der Waals surface area contributed by atoms with E-state index in [2.05, 4.69) is 29.8 Å². The first kappa shape index (κ1) is 14.8. The van der Waals surface area contributed by atoms with Crippen molar-refractivity contribution in [3.8, 4) is 6.07 Å². The number of rotatable bonds is 5. The van der Waals surface area contributed by atoms with Gasteiger partial charge >= 0.3 is 0 Å². The van der Waals surface area contributed by atoms with Crippen LogP contribution in [0.15, 0.2) is 0 Å². The van der Waals surface area contributed by atoms with Crippen molar-refractivity contribution in [2.45, 2.75) is 51.5 Å². The molecule has 3 unspecified atom stereocenters. The Morgan fingerprint density at radius 3 is 2.63 bits per heavy atom. The van der Waals surface area contributed by atoms with Crippen molar-refractivity contribution in [2.75, 3.05) is 33.2 Å². The Kier molecular flexibility index (Phi) is 5.66.